The molecule has 0 fully saturated rings. The van der Waals surface area contributed by atoms with Gasteiger partial charge in [-0.25, -0.2) is 0 Å². The third kappa shape index (κ3) is 5.03. The van der Waals surface area contributed by atoms with Crippen molar-refractivity contribution in [1.29, 1.82) is 0 Å². The van der Waals surface area contributed by atoms with Crippen molar-refractivity contribution in [2.75, 3.05) is 12.3 Å². The fourth-order valence-corrected chi connectivity index (χ4v) is 2.30. The molecule has 0 saturated carbocycles. The van der Waals surface area contributed by atoms with E-state index in [1.807, 2.05) is 13.8 Å². The Morgan fingerprint density at radius 3 is 2.72 bits per heavy atom. The van der Waals surface area contributed by atoms with Gasteiger partial charge in [-0.2, -0.15) is 0 Å². The Labute approximate surface area is 111 Å². The number of nitrogens with zero attached hydrogens (tertiary/aromatic N) is 1. The maximum absolute atomic E-state index is 10.8. The highest BCUT2D eigenvalue weighted by atomic mass is 32.2. The maximum atomic E-state index is 10.8. The fraction of sp³-hybridized carbons (Fsp3) is 0.500. The molecule has 1 unspecified atom stereocenters. The molecule has 0 amide bonds. The van der Waals surface area contributed by atoms with Crippen LogP contribution >= 0.6 is 11.8 Å². The summed E-state index contributed by atoms with van der Waals surface area (Å²) in [4.78, 5) is 11.0. The van der Waals surface area contributed by atoms with Gasteiger partial charge in [0.15, 0.2) is 0 Å². The largest absolute Gasteiger partial charge is 0.391 e. The Kier molecular flexibility index (Phi) is 6.11. The molecule has 0 aromatic heterocycles. The molecule has 0 aliphatic heterocycles. The molecule has 0 aliphatic rings. The molecule has 0 radical (unpaired) electrons. The van der Waals surface area contributed by atoms with Gasteiger partial charge in [0.05, 0.1) is 15.9 Å². The van der Waals surface area contributed by atoms with Crippen molar-refractivity contribution in [1.82, 2.24) is 5.32 Å². The molecular weight excluding hydrogens is 252 g/mol. The van der Waals surface area contributed by atoms with E-state index >= 15 is 0 Å². The van der Waals surface area contributed by atoms with Crippen LogP contribution in [0.15, 0.2) is 29.2 Å². The number of para-hydroxylation sites is 1. The van der Waals surface area contributed by atoms with Crippen LogP contribution in [0.2, 0.25) is 0 Å². The second kappa shape index (κ2) is 7.35. The monoisotopic (exact) mass is 270 g/mol. The van der Waals surface area contributed by atoms with Gasteiger partial charge in [-0.3, -0.25) is 10.1 Å². The number of aliphatic hydroxyl groups is 1. The minimum atomic E-state index is -0.516. The maximum Gasteiger partial charge on any atom is 0.282 e. The van der Waals surface area contributed by atoms with E-state index in [2.05, 4.69) is 5.32 Å². The molecule has 1 atom stereocenters. The quantitative estimate of drug-likeness (QED) is 0.450. The summed E-state index contributed by atoms with van der Waals surface area (Å²) >= 11 is 1.30. The number of rotatable bonds is 7. The number of hydrogen-bond acceptors (Lipinski definition) is 5. The molecule has 6 heteroatoms. The summed E-state index contributed by atoms with van der Waals surface area (Å²) in [5.41, 5.74) is 0.0894. The molecule has 100 valence electrons. The predicted octanol–water partition coefficient (Wildman–Crippen LogP) is 2.05. The van der Waals surface area contributed by atoms with E-state index in [0.29, 0.717) is 23.2 Å². The zero-order valence-electron chi connectivity index (χ0n) is 10.5. The smallest absolute Gasteiger partial charge is 0.282 e. The third-order valence-corrected chi connectivity index (χ3v) is 3.46. The second-order valence-corrected chi connectivity index (χ2v) is 5.31. The van der Waals surface area contributed by atoms with Crippen LogP contribution in [0.3, 0.4) is 0 Å². The Morgan fingerprint density at radius 2 is 2.11 bits per heavy atom. The van der Waals surface area contributed by atoms with Crippen molar-refractivity contribution in [2.24, 2.45) is 0 Å². The summed E-state index contributed by atoms with van der Waals surface area (Å²) in [6, 6.07) is 6.88. The van der Waals surface area contributed by atoms with Gasteiger partial charge in [0.2, 0.25) is 0 Å². The first-order valence-corrected chi connectivity index (χ1v) is 6.77. The van der Waals surface area contributed by atoms with Crippen LogP contribution in [0.4, 0.5) is 5.69 Å². The van der Waals surface area contributed by atoms with Gasteiger partial charge >= 0.3 is 0 Å². The number of hydrogen-bond donors (Lipinski definition) is 2. The van der Waals surface area contributed by atoms with Crippen LogP contribution in [0.25, 0.3) is 0 Å². The van der Waals surface area contributed by atoms with Gasteiger partial charge in [-0.15, -0.1) is 11.8 Å². The Bertz CT molecular complexity index is 399. The normalized spacial score (nSPS) is 12.7. The molecule has 0 aliphatic carbocycles. The number of nitrogens with one attached hydrogen (secondary N) is 1. The molecule has 1 aromatic carbocycles. The number of nitro groups is 1. The zero-order valence-corrected chi connectivity index (χ0v) is 11.3. The van der Waals surface area contributed by atoms with Gasteiger partial charge in [-0.05, 0) is 6.07 Å². The van der Waals surface area contributed by atoms with Gasteiger partial charge in [0.1, 0.15) is 0 Å². The summed E-state index contributed by atoms with van der Waals surface area (Å²) in [5, 5.41) is 23.7. The number of nitro benzene ring substituents is 1. The van der Waals surface area contributed by atoms with E-state index in [4.69, 9.17) is 0 Å². The molecule has 2 N–H and O–H groups in total. The van der Waals surface area contributed by atoms with Crippen LogP contribution in [-0.4, -0.2) is 34.5 Å². The van der Waals surface area contributed by atoms with E-state index in [-0.39, 0.29) is 5.69 Å². The van der Waals surface area contributed by atoms with Crippen molar-refractivity contribution in [2.45, 2.75) is 30.9 Å². The highest BCUT2D eigenvalue weighted by Gasteiger charge is 2.14. The SMILES string of the molecule is CC(C)NCC(O)CSc1ccccc1[N+](=O)[O-]. The van der Waals surface area contributed by atoms with Crippen LogP contribution in [0.5, 0.6) is 0 Å². The average molecular weight is 270 g/mol. The average Bonchev–Trinajstić information content (AvgIpc) is 2.34. The fourth-order valence-electron chi connectivity index (χ4n) is 1.35. The lowest BCUT2D eigenvalue weighted by atomic mass is 10.3. The lowest BCUT2D eigenvalue weighted by molar-refractivity contribution is -0.387. The minimum absolute atomic E-state index is 0.0894. The van der Waals surface area contributed by atoms with Gasteiger partial charge in [-0.1, -0.05) is 26.0 Å². The molecule has 0 heterocycles. The standard InChI is InChI=1S/C12H18N2O3S/c1-9(2)13-7-10(15)8-18-12-6-4-3-5-11(12)14(16)17/h3-6,9-10,13,15H,7-8H2,1-2H3. The van der Waals surface area contributed by atoms with E-state index < -0.39 is 11.0 Å². The Hall–Kier alpha value is -1.11. The first kappa shape index (κ1) is 14.9. The van der Waals surface area contributed by atoms with E-state index in [1.54, 1.807) is 18.2 Å². The number of benzene rings is 1. The van der Waals surface area contributed by atoms with Gasteiger partial charge < -0.3 is 10.4 Å². The van der Waals surface area contributed by atoms with E-state index in [1.165, 1.54) is 17.8 Å². The van der Waals surface area contributed by atoms with Crippen LogP contribution < -0.4 is 5.32 Å². The van der Waals surface area contributed by atoms with Crippen molar-refractivity contribution in [3.8, 4) is 0 Å². The second-order valence-electron chi connectivity index (χ2n) is 4.25. The highest BCUT2D eigenvalue weighted by molar-refractivity contribution is 7.99. The lowest BCUT2D eigenvalue weighted by Crippen LogP contribution is -2.33. The van der Waals surface area contributed by atoms with Gasteiger partial charge in [0, 0.05) is 24.4 Å². The number of thioether (sulfide) groups is 1. The van der Waals surface area contributed by atoms with Crippen LogP contribution in [-0.2, 0) is 0 Å². The summed E-state index contributed by atoms with van der Waals surface area (Å²) in [5.74, 6) is 0.435. The van der Waals surface area contributed by atoms with Crippen LogP contribution in [0, 0.1) is 10.1 Å². The van der Waals surface area contributed by atoms with Crippen LogP contribution in [0.1, 0.15) is 13.8 Å². The van der Waals surface area contributed by atoms with Crippen molar-refractivity contribution in [3.63, 3.8) is 0 Å². The lowest BCUT2D eigenvalue weighted by Gasteiger charge is -2.13. The molecule has 1 aromatic rings. The molecule has 1 rings (SSSR count). The van der Waals surface area contributed by atoms with E-state index in [9.17, 15) is 15.2 Å². The highest BCUT2D eigenvalue weighted by Crippen LogP contribution is 2.28. The molecule has 5 nitrogen and oxygen atoms in total. The third-order valence-electron chi connectivity index (χ3n) is 2.25. The molecule has 18 heavy (non-hydrogen) atoms. The number of aliphatic hydroxyl groups excluding tert-OH is 1. The first-order valence-electron chi connectivity index (χ1n) is 5.78. The molecule has 0 saturated heterocycles. The molecule has 0 spiro atoms. The molecule has 0 bridgehead atoms. The zero-order chi connectivity index (χ0) is 13.5. The summed E-state index contributed by atoms with van der Waals surface area (Å²) in [7, 11) is 0. The van der Waals surface area contributed by atoms with Crippen molar-refractivity contribution >= 4 is 17.4 Å². The predicted molar refractivity (Wildman–Crippen MR) is 73.0 cm³/mol. The minimum Gasteiger partial charge on any atom is -0.391 e. The van der Waals surface area contributed by atoms with Crippen molar-refractivity contribution < 1.29 is 10.0 Å². The Morgan fingerprint density at radius 1 is 1.44 bits per heavy atom. The summed E-state index contributed by atoms with van der Waals surface area (Å²) in [6.07, 6.45) is -0.516. The van der Waals surface area contributed by atoms with Crippen molar-refractivity contribution in [3.05, 3.63) is 34.4 Å². The summed E-state index contributed by atoms with van der Waals surface area (Å²) in [6.45, 7) is 4.50. The van der Waals surface area contributed by atoms with Gasteiger partial charge in [0.25, 0.3) is 5.69 Å². The van der Waals surface area contributed by atoms with E-state index in [0.717, 1.165) is 0 Å². The summed E-state index contributed by atoms with van der Waals surface area (Å²) < 4.78 is 0. The first-order chi connectivity index (χ1) is 8.50. The molecular formula is C12H18N2O3S. The Balaban J connectivity index is 2.50. The topological polar surface area (TPSA) is 75.4 Å².